The standard InChI is InChI=1S/C47H31N3/c1-4-16-32(17-5-1)38-24-14-15-27-41(38)42-29-28-37(31-43(42)44-39-25-12-10-22-35(39)30-36-23-11-13-26-40(36)44)47-49-45(33-18-6-2-7-19-33)48-46(50-47)34-20-8-3-9-21-34/h1-31H. The third kappa shape index (κ3) is 5.41. The second-order valence-electron chi connectivity index (χ2n) is 12.4. The molecule has 0 aliphatic heterocycles. The fraction of sp³-hybridized carbons (Fsp3) is 0. The van der Waals surface area contributed by atoms with Gasteiger partial charge in [0, 0.05) is 16.7 Å². The molecule has 0 fully saturated rings. The van der Waals surface area contributed by atoms with E-state index in [1.165, 1.54) is 43.8 Å². The van der Waals surface area contributed by atoms with Gasteiger partial charge in [-0.05, 0) is 67.1 Å². The summed E-state index contributed by atoms with van der Waals surface area (Å²) in [5, 5.41) is 4.80. The molecule has 0 bridgehead atoms. The zero-order valence-corrected chi connectivity index (χ0v) is 27.2. The van der Waals surface area contributed by atoms with Gasteiger partial charge in [-0.3, -0.25) is 0 Å². The molecule has 3 nitrogen and oxygen atoms in total. The summed E-state index contributed by atoms with van der Waals surface area (Å²) in [7, 11) is 0. The minimum atomic E-state index is 0.631. The molecule has 1 aromatic heterocycles. The highest BCUT2D eigenvalue weighted by Crippen LogP contribution is 2.45. The average molecular weight is 638 g/mol. The highest BCUT2D eigenvalue weighted by atomic mass is 15.0. The molecule has 50 heavy (non-hydrogen) atoms. The fourth-order valence-corrected chi connectivity index (χ4v) is 6.95. The smallest absolute Gasteiger partial charge is 0.164 e. The van der Waals surface area contributed by atoms with Crippen molar-refractivity contribution in [1.29, 1.82) is 0 Å². The van der Waals surface area contributed by atoms with E-state index in [9.17, 15) is 0 Å². The Kier molecular flexibility index (Phi) is 7.49. The van der Waals surface area contributed by atoms with Crippen LogP contribution in [0.3, 0.4) is 0 Å². The van der Waals surface area contributed by atoms with Gasteiger partial charge < -0.3 is 0 Å². The van der Waals surface area contributed by atoms with Crippen molar-refractivity contribution in [2.24, 2.45) is 0 Å². The van der Waals surface area contributed by atoms with E-state index in [4.69, 9.17) is 15.0 Å². The molecule has 3 heteroatoms. The lowest BCUT2D eigenvalue weighted by molar-refractivity contribution is 1.07. The van der Waals surface area contributed by atoms with Crippen molar-refractivity contribution in [3.05, 3.63) is 188 Å². The van der Waals surface area contributed by atoms with Crippen LogP contribution < -0.4 is 0 Å². The Hall–Kier alpha value is -6.71. The first-order chi connectivity index (χ1) is 24.8. The topological polar surface area (TPSA) is 38.7 Å². The molecule has 0 aliphatic rings. The van der Waals surface area contributed by atoms with Gasteiger partial charge in [-0.25, -0.2) is 15.0 Å². The molecule has 0 spiro atoms. The van der Waals surface area contributed by atoms with Gasteiger partial charge in [0.15, 0.2) is 17.5 Å². The third-order valence-corrected chi connectivity index (χ3v) is 9.32. The first-order valence-electron chi connectivity index (χ1n) is 16.9. The number of rotatable bonds is 6. The molecule has 0 atom stereocenters. The van der Waals surface area contributed by atoms with Crippen LogP contribution in [0.5, 0.6) is 0 Å². The molecule has 0 radical (unpaired) electrons. The maximum Gasteiger partial charge on any atom is 0.164 e. The maximum absolute atomic E-state index is 5.10. The summed E-state index contributed by atoms with van der Waals surface area (Å²) in [6.45, 7) is 0. The van der Waals surface area contributed by atoms with Gasteiger partial charge in [-0.2, -0.15) is 0 Å². The Morgan fingerprint density at radius 3 is 1.24 bits per heavy atom. The summed E-state index contributed by atoms with van der Waals surface area (Å²) >= 11 is 0. The molecule has 234 valence electrons. The monoisotopic (exact) mass is 637 g/mol. The average Bonchev–Trinajstić information content (AvgIpc) is 3.20. The van der Waals surface area contributed by atoms with Crippen LogP contribution >= 0.6 is 0 Å². The number of hydrogen-bond donors (Lipinski definition) is 0. The quantitative estimate of drug-likeness (QED) is 0.170. The van der Waals surface area contributed by atoms with Gasteiger partial charge in [-0.15, -0.1) is 0 Å². The van der Waals surface area contributed by atoms with Crippen LogP contribution in [0.2, 0.25) is 0 Å². The molecule has 0 unspecified atom stereocenters. The number of hydrogen-bond acceptors (Lipinski definition) is 3. The second kappa shape index (κ2) is 12.7. The lowest BCUT2D eigenvalue weighted by atomic mass is 9.84. The molecule has 0 aliphatic carbocycles. The van der Waals surface area contributed by atoms with Gasteiger partial charge in [0.05, 0.1) is 0 Å². The summed E-state index contributed by atoms with van der Waals surface area (Å²) < 4.78 is 0. The number of aromatic nitrogens is 3. The normalized spacial score (nSPS) is 11.2. The molecule has 9 rings (SSSR count). The van der Waals surface area contributed by atoms with E-state index in [1.807, 2.05) is 60.7 Å². The van der Waals surface area contributed by atoms with E-state index in [0.717, 1.165) is 27.8 Å². The first-order valence-corrected chi connectivity index (χ1v) is 16.9. The first kappa shape index (κ1) is 29.4. The summed E-state index contributed by atoms with van der Waals surface area (Å²) in [6.07, 6.45) is 0. The van der Waals surface area contributed by atoms with Crippen molar-refractivity contribution in [2.45, 2.75) is 0 Å². The Bertz CT molecular complexity index is 2520. The summed E-state index contributed by atoms with van der Waals surface area (Å²) in [5.74, 6) is 1.92. The van der Waals surface area contributed by atoms with Crippen molar-refractivity contribution < 1.29 is 0 Å². The largest absolute Gasteiger partial charge is 0.208 e. The van der Waals surface area contributed by atoms with Crippen LogP contribution in [-0.2, 0) is 0 Å². The van der Waals surface area contributed by atoms with Gasteiger partial charge in [0.25, 0.3) is 0 Å². The van der Waals surface area contributed by atoms with Crippen LogP contribution in [0.15, 0.2) is 188 Å². The van der Waals surface area contributed by atoms with Crippen molar-refractivity contribution in [2.75, 3.05) is 0 Å². The minimum absolute atomic E-state index is 0.631. The molecule has 0 amide bonds. The van der Waals surface area contributed by atoms with Crippen molar-refractivity contribution >= 4 is 21.5 Å². The minimum Gasteiger partial charge on any atom is -0.208 e. The van der Waals surface area contributed by atoms with Crippen LogP contribution in [0.1, 0.15) is 0 Å². The lowest BCUT2D eigenvalue weighted by Gasteiger charge is -2.19. The van der Waals surface area contributed by atoms with Crippen molar-refractivity contribution in [3.63, 3.8) is 0 Å². The van der Waals surface area contributed by atoms with E-state index in [2.05, 4.69) is 127 Å². The second-order valence-corrected chi connectivity index (χ2v) is 12.4. The lowest BCUT2D eigenvalue weighted by Crippen LogP contribution is -2.00. The van der Waals surface area contributed by atoms with Gasteiger partial charge in [0.1, 0.15) is 0 Å². The predicted molar refractivity (Wildman–Crippen MR) is 207 cm³/mol. The van der Waals surface area contributed by atoms with E-state index < -0.39 is 0 Å². The molecular formula is C47H31N3. The number of benzene rings is 8. The van der Waals surface area contributed by atoms with Crippen molar-refractivity contribution in [3.8, 4) is 67.5 Å². The predicted octanol–water partition coefficient (Wildman–Crippen LogP) is 12.2. The van der Waals surface area contributed by atoms with Crippen LogP contribution in [-0.4, -0.2) is 15.0 Å². The molecule has 0 N–H and O–H groups in total. The number of nitrogens with zero attached hydrogens (tertiary/aromatic N) is 3. The van der Waals surface area contributed by atoms with Gasteiger partial charge >= 0.3 is 0 Å². The summed E-state index contributed by atoms with van der Waals surface area (Å²) in [4.78, 5) is 15.2. The van der Waals surface area contributed by atoms with Crippen molar-refractivity contribution in [1.82, 2.24) is 15.0 Å². The fourth-order valence-electron chi connectivity index (χ4n) is 6.95. The van der Waals surface area contributed by atoms with E-state index >= 15 is 0 Å². The molecule has 0 saturated heterocycles. The zero-order chi connectivity index (χ0) is 33.3. The maximum atomic E-state index is 5.10. The molecule has 1 heterocycles. The summed E-state index contributed by atoms with van der Waals surface area (Å²) in [6, 6.07) is 66.0. The molecule has 0 saturated carbocycles. The van der Waals surface area contributed by atoms with Gasteiger partial charge in [0.2, 0.25) is 0 Å². The molecule has 8 aromatic carbocycles. The van der Waals surface area contributed by atoms with E-state index in [1.54, 1.807) is 0 Å². The SMILES string of the molecule is c1ccc(-c2nc(-c3ccccc3)nc(-c3ccc(-c4ccccc4-c4ccccc4)c(-c4c5ccccc5cc5ccccc45)c3)n2)cc1. The summed E-state index contributed by atoms with van der Waals surface area (Å²) in [5.41, 5.74) is 9.82. The van der Waals surface area contributed by atoms with Crippen LogP contribution in [0.4, 0.5) is 0 Å². The Balaban J connectivity index is 1.35. The van der Waals surface area contributed by atoms with E-state index in [-0.39, 0.29) is 0 Å². The highest BCUT2D eigenvalue weighted by Gasteiger charge is 2.20. The van der Waals surface area contributed by atoms with Crippen LogP contribution in [0.25, 0.3) is 89.1 Å². The van der Waals surface area contributed by atoms with Gasteiger partial charge in [-0.1, -0.05) is 176 Å². The third-order valence-electron chi connectivity index (χ3n) is 9.32. The Labute approximate surface area is 291 Å². The van der Waals surface area contributed by atoms with E-state index in [0.29, 0.717) is 17.5 Å². The zero-order valence-electron chi connectivity index (χ0n) is 27.2. The molecular weight excluding hydrogens is 607 g/mol. The Morgan fingerprint density at radius 2 is 0.680 bits per heavy atom. The number of fused-ring (bicyclic) bond motifs is 2. The highest BCUT2D eigenvalue weighted by molar-refractivity contribution is 6.15. The Morgan fingerprint density at radius 1 is 0.260 bits per heavy atom. The van der Waals surface area contributed by atoms with Crippen LogP contribution in [0, 0.1) is 0 Å². The molecule has 9 aromatic rings.